The van der Waals surface area contributed by atoms with Crippen LogP contribution < -0.4 is 0 Å². The second kappa shape index (κ2) is 5.96. The maximum absolute atomic E-state index is 12.8. The van der Waals surface area contributed by atoms with Gasteiger partial charge in [0.05, 0.1) is 23.2 Å². The molecule has 0 aliphatic carbocycles. The summed E-state index contributed by atoms with van der Waals surface area (Å²) in [7, 11) is -3.63. The summed E-state index contributed by atoms with van der Waals surface area (Å²) in [5.74, 6) is 0. The summed E-state index contributed by atoms with van der Waals surface area (Å²) in [4.78, 5) is 0.238. The summed E-state index contributed by atoms with van der Waals surface area (Å²) in [5.41, 5.74) is 0.354. The van der Waals surface area contributed by atoms with E-state index >= 15 is 0 Å². The lowest BCUT2D eigenvalue weighted by molar-refractivity contribution is -0.131. The number of aryl methyl sites for hydroxylation is 1. The van der Waals surface area contributed by atoms with E-state index in [9.17, 15) is 13.5 Å². The lowest BCUT2D eigenvalue weighted by atomic mass is 10.1. The van der Waals surface area contributed by atoms with Crippen LogP contribution in [0.25, 0.3) is 0 Å². The van der Waals surface area contributed by atoms with Crippen LogP contribution in [0.1, 0.15) is 19.4 Å². The fourth-order valence-electron chi connectivity index (χ4n) is 2.47. The number of halogens is 1. The van der Waals surface area contributed by atoms with Crippen LogP contribution in [0.3, 0.4) is 0 Å². The van der Waals surface area contributed by atoms with Gasteiger partial charge in [-0.15, -0.1) is 0 Å². The van der Waals surface area contributed by atoms with E-state index in [2.05, 4.69) is 15.9 Å². The molecule has 1 aliphatic rings. The smallest absolute Gasteiger partial charge is 0.244 e. The average Bonchev–Trinajstić information content (AvgIpc) is 2.36. The van der Waals surface area contributed by atoms with Gasteiger partial charge in [-0.3, -0.25) is 0 Å². The molecule has 1 aromatic rings. The van der Waals surface area contributed by atoms with Crippen LogP contribution in [0, 0.1) is 6.92 Å². The van der Waals surface area contributed by atoms with E-state index in [0.717, 1.165) is 5.56 Å². The molecule has 7 heteroatoms. The number of sulfonamides is 1. The number of aliphatic hydroxyl groups excluding tert-OH is 1. The summed E-state index contributed by atoms with van der Waals surface area (Å²) in [5, 5.41) is 9.31. The van der Waals surface area contributed by atoms with E-state index in [-0.39, 0.29) is 24.6 Å². The minimum Gasteiger partial charge on any atom is -0.394 e. The number of benzene rings is 1. The largest absolute Gasteiger partial charge is 0.394 e. The molecule has 118 valence electrons. The van der Waals surface area contributed by atoms with E-state index < -0.39 is 21.7 Å². The maximum Gasteiger partial charge on any atom is 0.244 e. The Morgan fingerprint density at radius 1 is 1.48 bits per heavy atom. The zero-order valence-corrected chi connectivity index (χ0v) is 14.7. The highest BCUT2D eigenvalue weighted by molar-refractivity contribution is 9.10. The quantitative estimate of drug-likeness (QED) is 0.873. The first-order valence-electron chi connectivity index (χ1n) is 6.71. The molecule has 21 heavy (non-hydrogen) atoms. The summed E-state index contributed by atoms with van der Waals surface area (Å²) in [6.07, 6.45) is -0.507. The Kier molecular flexibility index (Phi) is 4.80. The topological polar surface area (TPSA) is 66.8 Å². The number of hydrogen-bond donors (Lipinski definition) is 1. The second-order valence-corrected chi connectivity index (χ2v) is 8.67. The SMILES string of the molecule is Cc1ccc(S(=O)(=O)N2CC(CO)OC(C)(C)C2)c(Br)c1. The second-order valence-electron chi connectivity index (χ2n) is 5.91. The van der Waals surface area contributed by atoms with Gasteiger partial charge in [-0.1, -0.05) is 6.07 Å². The predicted octanol–water partition coefficient (Wildman–Crippen LogP) is 1.92. The first kappa shape index (κ1) is 16.9. The van der Waals surface area contributed by atoms with Crippen LogP contribution in [0.5, 0.6) is 0 Å². The number of ether oxygens (including phenoxy) is 1. The van der Waals surface area contributed by atoms with Crippen molar-refractivity contribution in [1.29, 1.82) is 0 Å². The summed E-state index contributed by atoms with van der Waals surface area (Å²) < 4.78 is 33.3. The van der Waals surface area contributed by atoms with Crippen molar-refractivity contribution in [2.45, 2.75) is 37.4 Å². The molecule has 0 aromatic heterocycles. The van der Waals surface area contributed by atoms with Crippen molar-refractivity contribution in [3.05, 3.63) is 28.2 Å². The van der Waals surface area contributed by atoms with Gasteiger partial charge < -0.3 is 9.84 Å². The third kappa shape index (κ3) is 3.65. The molecule has 1 heterocycles. The highest BCUT2D eigenvalue weighted by Crippen LogP contribution is 2.30. The summed E-state index contributed by atoms with van der Waals surface area (Å²) in [6.45, 7) is 5.75. The molecule has 2 rings (SSSR count). The third-order valence-corrected chi connectivity index (χ3v) is 6.15. The Balaban J connectivity index is 2.38. The van der Waals surface area contributed by atoms with E-state index in [0.29, 0.717) is 4.47 Å². The minimum atomic E-state index is -3.63. The van der Waals surface area contributed by atoms with Crippen molar-refractivity contribution in [1.82, 2.24) is 4.31 Å². The van der Waals surface area contributed by atoms with Gasteiger partial charge in [-0.25, -0.2) is 8.42 Å². The third-order valence-electron chi connectivity index (χ3n) is 3.36. The predicted molar refractivity (Wildman–Crippen MR) is 83.7 cm³/mol. The molecule has 1 aromatic carbocycles. The normalized spacial score (nSPS) is 23.2. The number of rotatable bonds is 3. The summed E-state index contributed by atoms with van der Waals surface area (Å²) >= 11 is 3.32. The number of morpholine rings is 1. The standard InChI is InChI=1S/C14H20BrNO4S/c1-10-4-5-13(12(15)6-10)21(18,19)16-7-11(8-17)20-14(2,3)9-16/h4-6,11,17H,7-9H2,1-3H3. The minimum absolute atomic E-state index is 0.155. The first-order chi connectivity index (χ1) is 9.65. The van der Waals surface area contributed by atoms with Crippen molar-refractivity contribution >= 4 is 26.0 Å². The first-order valence-corrected chi connectivity index (χ1v) is 8.94. The Bertz CT molecular complexity index is 630. The number of aliphatic hydroxyl groups is 1. The van der Waals surface area contributed by atoms with Crippen LogP contribution in [0.2, 0.25) is 0 Å². The molecule has 1 aliphatic heterocycles. The molecule has 0 saturated carbocycles. The Morgan fingerprint density at radius 2 is 2.14 bits per heavy atom. The van der Waals surface area contributed by atoms with Crippen LogP contribution in [0.4, 0.5) is 0 Å². The van der Waals surface area contributed by atoms with Gasteiger partial charge in [-0.2, -0.15) is 4.31 Å². The van der Waals surface area contributed by atoms with Crippen molar-refractivity contribution < 1.29 is 18.3 Å². The molecule has 1 N–H and O–H groups in total. The maximum atomic E-state index is 12.8. The van der Waals surface area contributed by atoms with Gasteiger partial charge in [0.15, 0.2) is 0 Å². The van der Waals surface area contributed by atoms with E-state index in [1.54, 1.807) is 18.2 Å². The fourth-order valence-corrected chi connectivity index (χ4v) is 5.25. The lowest BCUT2D eigenvalue weighted by Crippen LogP contribution is -2.55. The van der Waals surface area contributed by atoms with Crippen molar-refractivity contribution in [3.8, 4) is 0 Å². The van der Waals surface area contributed by atoms with Crippen molar-refractivity contribution in [2.24, 2.45) is 0 Å². The highest BCUT2D eigenvalue weighted by atomic mass is 79.9. The molecular formula is C14H20BrNO4S. The molecule has 1 unspecified atom stereocenters. The monoisotopic (exact) mass is 377 g/mol. The van der Waals surface area contributed by atoms with Crippen LogP contribution in [0.15, 0.2) is 27.6 Å². The van der Waals surface area contributed by atoms with E-state index in [4.69, 9.17) is 4.74 Å². The van der Waals surface area contributed by atoms with Gasteiger partial charge in [0.1, 0.15) is 0 Å². The zero-order valence-electron chi connectivity index (χ0n) is 12.3. The lowest BCUT2D eigenvalue weighted by Gasteiger charge is -2.41. The fraction of sp³-hybridized carbons (Fsp3) is 0.571. The molecule has 0 spiro atoms. The van der Waals surface area contributed by atoms with Gasteiger partial charge in [0.25, 0.3) is 0 Å². The van der Waals surface area contributed by atoms with Gasteiger partial charge in [0, 0.05) is 17.6 Å². The highest BCUT2D eigenvalue weighted by Gasteiger charge is 2.39. The number of nitrogens with zero attached hydrogens (tertiary/aromatic N) is 1. The van der Waals surface area contributed by atoms with Crippen molar-refractivity contribution in [3.63, 3.8) is 0 Å². The molecule has 0 radical (unpaired) electrons. The molecule has 5 nitrogen and oxygen atoms in total. The van der Waals surface area contributed by atoms with Crippen LogP contribution >= 0.6 is 15.9 Å². The van der Waals surface area contributed by atoms with Gasteiger partial charge in [0.2, 0.25) is 10.0 Å². The molecular weight excluding hydrogens is 358 g/mol. The van der Waals surface area contributed by atoms with Gasteiger partial charge in [-0.05, 0) is 54.4 Å². The molecule has 0 amide bonds. The Labute approximate surface area is 134 Å². The number of hydrogen-bond acceptors (Lipinski definition) is 4. The van der Waals surface area contributed by atoms with E-state index in [1.807, 2.05) is 20.8 Å². The Hall–Kier alpha value is -0.470. The Morgan fingerprint density at radius 3 is 2.71 bits per heavy atom. The summed E-state index contributed by atoms with van der Waals surface area (Å²) in [6, 6.07) is 5.15. The van der Waals surface area contributed by atoms with Crippen molar-refractivity contribution in [2.75, 3.05) is 19.7 Å². The molecule has 1 fully saturated rings. The zero-order chi connectivity index (χ0) is 15.8. The van der Waals surface area contributed by atoms with Crippen LogP contribution in [-0.4, -0.2) is 49.2 Å². The van der Waals surface area contributed by atoms with Crippen LogP contribution in [-0.2, 0) is 14.8 Å². The van der Waals surface area contributed by atoms with E-state index in [1.165, 1.54) is 4.31 Å². The van der Waals surface area contributed by atoms with Gasteiger partial charge >= 0.3 is 0 Å². The molecule has 1 saturated heterocycles. The molecule has 0 bridgehead atoms. The average molecular weight is 378 g/mol. The molecule has 1 atom stereocenters.